The van der Waals surface area contributed by atoms with E-state index in [1.807, 2.05) is 12.1 Å². The molecule has 0 radical (unpaired) electrons. The van der Waals surface area contributed by atoms with Gasteiger partial charge in [-0.25, -0.2) is 0 Å². The van der Waals surface area contributed by atoms with Crippen molar-refractivity contribution in [3.8, 4) is 0 Å². The van der Waals surface area contributed by atoms with Gasteiger partial charge in [-0.3, -0.25) is 9.59 Å². The van der Waals surface area contributed by atoms with Crippen LogP contribution in [0.2, 0.25) is 0 Å². The van der Waals surface area contributed by atoms with E-state index in [0.717, 1.165) is 5.56 Å². The smallest absolute Gasteiger partial charge is 0.251 e. The maximum Gasteiger partial charge on any atom is 0.251 e. The van der Waals surface area contributed by atoms with Gasteiger partial charge in [0, 0.05) is 17.5 Å². The average Bonchev–Trinajstić information content (AvgIpc) is 2.56. The first kappa shape index (κ1) is 20.1. The van der Waals surface area contributed by atoms with Crippen LogP contribution < -0.4 is 10.6 Å². The molecule has 0 bridgehead atoms. The molecule has 0 saturated carbocycles. The van der Waals surface area contributed by atoms with Crippen LogP contribution >= 0.6 is 0 Å². The first-order valence-corrected chi connectivity index (χ1v) is 7.98. The van der Waals surface area contributed by atoms with Crippen LogP contribution in [0, 0.1) is 5.41 Å². The van der Waals surface area contributed by atoms with Gasteiger partial charge in [0.15, 0.2) is 0 Å². The number of hydrogen-bond donors (Lipinski definition) is 4. The summed E-state index contributed by atoms with van der Waals surface area (Å²) in [5.74, 6) is -0.694. The molecule has 2 amide bonds. The molecule has 6 heteroatoms. The molecule has 1 aromatic rings. The number of carbonyl (C=O) groups excluding carboxylic acids is 2. The lowest BCUT2D eigenvalue weighted by atomic mass is 9.87. The Morgan fingerprint density at radius 1 is 0.958 bits per heavy atom. The predicted octanol–water partition coefficient (Wildman–Crippen LogP) is 0.821. The standard InChI is InChI=1S/C18H28N2O4/c1-17(2,3)14-7-5-13(6-8-14)16(24)19-9-15(23)20-10-18(4,11-21)12-22/h5-8,21-22H,9-12H2,1-4H3,(H,19,24)(H,20,23). The van der Waals surface area contributed by atoms with Crippen molar-refractivity contribution in [2.75, 3.05) is 26.3 Å². The minimum Gasteiger partial charge on any atom is -0.396 e. The molecule has 1 rings (SSSR count). The molecular formula is C18H28N2O4. The average molecular weight is 336 g/mol. The zero-order valence-electron chi connectivity index (χ0n) is 14.8. The molecule has 1 aromatic carbocycles. The van der Waals surface area contributed by atoms with Crippen molar-refractivity contribution in [2.45, 2.75) is 33.1 Å². The third-order valence-electron chi connectivity index (χ3n) is 3.90. The lowest BCUT2D eigenvalue weighted by Crippen LogP contribution is -2.44. The number of aliphatic hydroxyl groups excluding tert-OH is 2. The summed E-state index contributed by atoms with van der Waals surface area (Å²) < 4.78 is 0. The molecule has 6 nitrogen and oxygen atoms in total. The predicted molar refractivity (Wildman–Crippen MR) is 92.8 cm³/mol. The molecule has 0 aliphatic heterocycles. The van der Waals surface area contributed by atoms with Crippen molar-refractivity contribution in [3.05, 3.63) is 35.4 Å². The second kappa shape index (κ2) is 8.26. The fourth-order valence-electron chi connectivity index (χ4n) is 1.92. The van der Waals surface area contributed by atoms with Crippen LogP contribution in [-0.2, 0) is 10.2 Å². The summed E-state index contributed by atoms with van der Waals surface area (Å²) in [6, 6.07) is 7.29. The topological polar surface area (TPSA) is 98.7 Å². The molecular weight excluding hydrogens is 308 g/mol. The number of carbonyl (C=O) groups is 2. The van der Waals surface area contributed by atoms with E-state index in [2.05, 4.69) is 31.4 Å². The monoisotopic (exact) mass is 336 g/mol. The number of benzene rings is 1. The summed E-state index contributed by atoms with van der Waals surface area (Å²) >= 11 is 0. The zero-order valence-corrected chi connectivity index (χ0v) is 14.8. The molecule has 134 valence electrons. The maximum absolute atomic E-state index is 12.1. The van der Waals surface area contributed by atoms with E-state index in [-0.39, 0.29) is 43.5 Å². The molecule has 0 fully saturated rings. The summed E-state index contributed by atoms with van der Waals surface area (Å²) in [7, 11) is 0. The van der Waals surface area contributed by atoms with Gasteiger partial charge in [0.05, 0.1) is 19.8 Å². The summed E-state index contributed by atoms with van der Waals surface area (Å²) in [5, 5.41) is 23.5. The SMILES string of the molecule is CC(CO)(CO)CNC(=O)CNC(=O)c1ccc(C(C)(C)C)cc1. The highest BCUT2D eigenvalue weighted by Crippen LogP contribution is 2.22. The quantitative estimate of drug-likeness (QED) is 0.592. The number of hydrogen-bond acceptors (Lipinski definition) is 4. The summed E-state index contributed by atoms with van der Waals surface area (Å²) in [6.45, 7) is 7.44. The first-order chi connectivity index (χ1) is 11.1. The van der Waals surface area contributed by atoms with Gasteiger partial charge in [0.1, 0.15) is 0 Å². The Labute approximate surface area is 143 Å². The highest BCUT2D eigenvalue weighted by Gasteiger charge is 2.23. The van der Waals surface area contributed by atoms with Crippen molar-refractivity contribution in [2.24, 2.45) is 5.41 Å². The van der Waals surface area contributed by atoms with Crippen molar-refractivity contribution < 1.29 is 19.8 Å². The summed E-state index contributed by atoms with van der Waals surface area (Å²) in [5.41, 5.74) is 0.860. The van der Waals surface area contributed by atoms with Crippen LogP contribution in [0.1, 0.15) is 43.6 Å². The van der Waals surface area contributed by atoms with Gasteiger partial charge in [0.2, 0.25) is 5.91 Å². The largest absolute Gasteiger partial charge is 0.396 e. The van der Waals surface area contributed by atoms with E-state index in [4.69, 9.17) is 10.2 Å². The van der Waals surface area contributed by atoms with E-state index >= 15 is 0 Å². The van der Waals surface area contributed by atoms with E-state index in [1.54, 1.807) is 19.1 Å². The fourth-order valence-corrected chi connectivity index (χ4v) is 1.92. The fraction of sp³-hybridized carbons (Fsp3) is 0.556. The first-order valence-electron chi connectivity index (χ1n) is 7.98. The van der Waals surface area contributed by atoms with E-state index < -0.39 is 5.41 Å². The van der Waals surface area contributed by atoms with Gasteiger partial charge < -0.3 is 20.8 Å². The Morgan fingerprint density at radius 2 is 1.50 bits per heavy atom. The van der Waals surface area contributed by atoms with Gasteiger partial charge in [-0.2, -0.15) is 0 Å². The second-order valence-electron chi connectivity index (χ2n) is 7.41. The van der Waals surface area contributed by atoms with Crippen LogP contribution in [0.25, 0.3) is 0 Å². The summed E-state index contributed by atoms with van der Waals surface area (Å²) in [6.07, 6.45) is 0. The van der Waals surface area contributed by atoms with Crippen LogP contribution in [0.3, 0.4) is 0 Å². The van der Waals surface area contributed by atoms with Gasteiger partial charge in [-0.05, 0) is 23.1 Å². The Kier molecular flexibility index (Phi) is 6.93. The van der Waals surface area contributed by atoms with Crippen molar-refractivity contribution in [1.82, 2.24) is 10.6 Å². The molecule has 0 aromatic heterocycles. The Hall–Kier alpha value is -1.92. The molecule has 4 N–H and O–H groups in total. The van der Waals surface area contributed by atoms with Gasteiger partial charge in [-0.1, -0.05) is 39.8 Å². The van der Waals surface area contributed by atoms with Crippen molar-refractivity contribution >= 4 is 11.8 Å². The second-order valence-corrected chi connectivity index (χ2v) is 7.41. The number of aliphatic hydroxyl groups is 2. The lowest BCUT2D eigenvalue weighted by Gasteiger charge is -2.24. The molecule has 0 unspecified atom stereocenters. The maximum atomic E-state index is 12.1. The van der Waals surface area contributed by atoms with Gasteiger partial charge in [0.25, 0.3) is 5.91 Å². The highest BCUT2D eigenvalue weighted by atomic mass is 16.3. The molecule has 0 aliphatic carbocycles. The number of nitrogens with one attached hydrogen (secondary N) is 2. The van der Waals surface area contributed by atoms with E-state index in [9.17, 15) is 9.59 Å². The Morgan fingerprint density at radius 3 is 1.96 bits per heavy atom. The third-order valence-corrected chi connectivity index (χ3v) is 3.90. The van der Waals surface area contributed by atoms with Crippen LogP contribution in [0.15, 0.2) is 24.3 Å². The summed E-state index contributed by atoms with van der Waals surface area (Å²) in [4.78, 5) is 23.8. The number of rotatable bonds is 7. The molecule has 0 aliphatic rings. The molecule has 0 saturated heterocycles. The Bertz CT molecular complexity index is 557. The molecule has 0 heterocycles. The third kappa shape index (κ3) is 5.94. The lowest BCUT2D eigenvalue weighted by molar-refractivity contribution is -0.120. The van der Waals surface area contributed by atoms with E-state index in [1.165, 1.54) is 0 Å². The normalized spacial score (nSPS) is 11.9. The molecule has 0 atom stereocenters. The van der Waals surface area contributed by atoms with Crippen LogP contribution in [0.4, 0.5) is 0 Å². The van der Waals surface area contributed by atoms with E-state index in [0.29, 0.717) is 5.56 Å². The van der Waals surface area contributed by atoms with Gasteiger partial charge >= 0.3 is 0 Å². The highest BCUT2D eigenvalue weighted by molar-refractivity contribution is 5.96. The Balaban J connectivity index is 2.50. The van der Waals surface area contributed by atoms with Gasteiger partial charge in [-0.15, -0.1) is 0 Å². The van der Waals surface area contributed by atoms with Crippen molar-refractivity contribution in [1.29, 1.82) is 0 Å². The zero-order chi connectivity index (χ0) is 18.4. The minimum atomic E-state index is -0.775. The molecule has 0 spiro atoms. The van der Waals surface area contributed by atoms with Crippen LogP contribution in [-0.4, -0.2) is 48.3 Å². The number of amides is 2. The van der Waals surface area contributed by atoms with Crippen molar-refractivity contribution in [3.63, 3.8) is 0 Å². The minimum absolute atomic E-state index is 0.0148. The van der Waals surface area contributed by atoms with Crippen LogP contribution in [0.5, 0.6) is 0 Å². The molecule has 24 heavy (non-hydrogen) atoms.